The molecule has 86 valence electrons. The molecule has 2 aliphatic rings. The number of nitrogen functional groups attached to an aromatic ring is 1. The quantitative estimate of drug-likeness (QED) is 0.759. The third-order valence-corrected chi connectivity index (χ3v) is 4.29. The Morgan fingerprint density at radius 3 is 2.50 bits per heavy atom. The van der Waals surface area contributed by atoms with Crippen LogP contribution in [0.5, 0.6) is 0 Å². The zero-order valence-corrected chi connectivity index (χ0v) is 10.1. The van der Waals surface area contributed by atoms with Crippen molar-refractivity contribution in [2.24, 2.45) is 11.8 Å². The first-order valence-corrected chi connectivity index (χ1v) is 6.42. The van der Waals surface area contributed by atoms with Crippen molar-refractivity contribution in [3.63, 3.8) is 0 Å². The molecule has 1 aliphatic carbocycles. The Morgan fingerprint density at radius 1 is 1.19 bits per heavy atom. The second-order valence-corrected chi connectivity index (χ2v) is 5.50. The van der Waals surface area contributed by atoms with E-state index in [1.54, 1.807) is 0 Å². The molecule has 2 nitrogen and oxygen atoms in total. The van der Waals surface area contributed by atoms with Gasteiger partial charge in [0.15, 0.2) is 0 Å². The number of rotatable bonds is 1. The largest absolute Gasteiger partial charge is 0.397 e. The number of benzene rings is 1. The minimum atomic E-state index is 0.723. The molecule has 1 saturated heterocycles. The Hall–Kier alpha value is -0.890. The average molecular weight is 237 g/mol. The summed E-state index contributed by atoms with van der Waals surface area (Å²) in [4.78, 5) is 2.43. The summed E-state index contributed by atoms with van der Waals surface area (Å²) in [5.74, 6) is 1.80. The van der Waals surface area contributed by atoms with Gasteiger partial charge in [0.2, 0.25) is 0 Å². The van der Waals surface area contributed by atoms with Crippen LogP contribution in [0.3, 0.4) is 0 Å². The van der Waals surface area contributed by atoms with Crippen LogP contribution in [0, 0.1) is 11.8 Å². The van der Waals surface area contributed by atoms with Gasteiger partial charge in [0.25, 0.3) is 0 Å². The van der Waals surface area contributed by atoms with Crippen molar-refractivity contribution in [2.45, 2.75) is 19.3 Å². The number of anilines is 2. The Morgan fingerprint density at radius 2 is 1.88 bits per heavy atom. The predicted octanol–water partition coefficient (Wildman–Crippen LogP) is 3.16. The van der Waals surface area contributed by atoms with Gasteiger partial charge in [0.05, 0.1) is 11.4 Å². The topological polar surface area (TPSA) is 29.3 Å². The molecule has 0 aromatic heterocycles. The molecule has 0 radical (unpaired) electrons. The lowest BCUT2D eigenvalue weighted by Gasteiger charge is -2.21. The summed E-state index contributed by atoms with van der Waals surface area (Å²) < 4.78 is 0. The van der Waals surface area contributed by atoms with Crippen molar-refractivity contribution in [3.8, 4) is 0 Å². The molecule has 0 amide bonds. The van der Waals surface area contributed by atoms with Crippen LogP contribution >= 0.6 is 11.6 Å². The normalized spacial score (nSPS) is 28.4. The van der Waals surface area contributed by atoms with E-state index >= 15 is 0 Å². The lowest BCUT2D eigenvalue weighted by molar-refractivity contribution is 0.494. The molecule has 1 aromatic rings. The maximum atomic E-state index is 6.03. The minimum Gasteiger partial charge on any atom is -0.397 e. The number of halogens is 1. The van der Waals surface area contributed by atoms with Crippen molar-refractivity contribution in [1.82, 2.24) is 0 Å². The van der Waals surface area contributed by atoms with Gasteiger partial charge in [0, 0.05) is 18.1 Å². The maximum absolute atomic E-state index is 6.03. The van der Waals surface area contributed by atoms with Crippen LogP contribution in [0.2, 0.25) is 5.02 Å². The van der Waals surface area contributed by atoms with Crippen molar-refractivity contribution in [1.29, 1.82) is 0 Å². The van der Waals surface area contributed by atoms with E-state index in [-0.39, 0.29) is 0 Å². The van der Waals surface area contributed by atoms with Gasteiger partial charge in [-0.05, 0) is 42.9 Å². The molecule has 2 N–H and O–H groups in total. The molecule has 3 heteroatoms. The monoisotopic (exact) mass is 236 g/mol. The summed E-state index contributed by atoms with van der Waals surface area (Å²) >= 11 is 5.92. The van der Waals surface area contributed by atoms with Crippen molar-refractivity contribution < 1.29 is 0 Å². The van der Waals surface area contributed by atoms with Crippen LogP contribution in [0.4, 0.5) is 11.4 Å². The summed E-state index contributed by atoms with van der Waals surface area (Å²) in [6.45, 7) is 2.35. The van der Waals surface area contributed by atoms with Gasteiger partial charge in [-0.15, -0.1) is 0 Å². The summed E-state index contributed by atoms with van der Waals surface area (Å²) in [6, 6.07) is 5.84. The molecular formula is C13H17ClN2. The molecule has 1 aromatic carbocycles. The summed E-state index contributed by atoms with van der Waals surface area (Å²) in [5.41, 5.74) is 8.00. The van der Waals surface area contributed by atoms with Crippen molar-refractivity contribution >= 4 is 23.0 Å². The van der Waals surface area contributed by atoms with E-state index in [1.165, 1.54) is 38.0 Å². The van der Waals surface area contributed by atoms with E-state index in [4.69, 9.17) is 17.3 Å². The average Bonchev–Trinajstić information content (AvgIpc) is 2.76. The van der Waals surface area contributed by atoms with Crippen LogP contribution in [-0.4, -0.2) is 13.1 Å². The highest BCUT2D eigenvalue weighted by Crippen LogP contribution is 2.41. The molecule has 2 atom stereocenters. The Kier molecular flexibility index (Phi) is 2.47. The molecule has 1 heterocycles. The number of nitrogens with zero attached hydrogens (tertiary/aromatic N) is 1. The number of hydrogen-bond donors (Lipinski definition) is 1. The summed E-state index contributed by atoms with van der Waals surface area (Å²) in [7, 11) is 0. The van der Waals surface area contributed by atoms with Gasteiger partial charge in [-0.2, -0.15) is 0 Å². The first-order chi connectivity index (χ1) is 7.74. The fraction of sp³-hybridized carbons (Fsp3) is 0.538. The highest BCUT2D eigenvalue weighted by Gasteiger charge is 2.36. The number of hydrogen-bond acceptors (Lipinski definition) is 2. The molecule has 2 fully saturated rings. The predicted molar refractivity (Wildman–Crippen MR) is 68.9 cm³/mol. The lowest BCUT2D eigenvalue weighted by Crippen LogP contribution is -2.21. The molecule has 0 bridgehead atoms. The zero-order valence-electron chi connectivity index (χ0n) is 9.32. The van der Waals surface area contributed by atoms with Crippen molar-refractivity contribution in [2.75, 3.05) is 23.7 Å². The minimum absolute atomic E-state index is 0.723. The lowest BCUT2D eigenvalue weighted by atomic mass is 10.0. The third-order valence-electron chi connectivity index (χ3n) is 4.06. The van der Waals surface area contributed by atoms with Crippen LogP contribution < -0.4 is 10.6 Å². The molecule has 1 aliphatic heterocycles. The van der Waals surface area contributed by atoms with Gasteiger partial charge in [-0.25, -0.2) is 0 Å². The summed E-state index contributed by atoms with van der Waals surface area (Å²) in [6.07, 6.45) is 4.21. The fourth-order valence-corrected chi connectivity index (χ4v) is 3.43. The molecule has 0 spiro atoms. The van der Waals surface area contributed by atoms with Crippen LogP contribution in [0.1, 0.15) is 19.3 Å². The van der Waals surface area contributed by atoms with Crippen LogP contribution in [-0.2, 0) is 0 Å². The third kappa shape index (κ3) is 1.65. The second-order valence-electron chi connectivity index (χ2n) is 5.06. The van der Waals surface area contributed by atoms with Gasteiger partial charge in [-0.1, -0.05) is 18.0 Å². The van der Waals surface area contributed by atoms with Gasteiger partial charge in [0.1, 0.15) is 0 Å². The first-order valence-electron chi connectivity index (χ1n) is 6.04. The molecule has 16 heavy (non-hydrogen) atoms. The van der Waals surface area contributed by atoms with Crippen LogP contribution in [0.25, 0.3) is 0 Å². The van der Waals surface area contributed by atoms with Gasteiger partial charge in [-0.3, -0.25) is 0 Å². The highest BCUT2D eigenvalue weighted by molar-refractivity contribution is 6.31. The van der Waals surface area contributed by atoms with E-state index in [0.29, 0.717) is 0 Å². The van der Waals surface area contributed by atoms with Crippen molar-refractivity contribution in [3.05, 3.63) is 23.2 Å². The highest BCUT2D eigenvalue weighted by atomic mass is 35.5. The van der Waals surface area contributed by atoms with Gasteiger partial charge < -0.3 is 10.6 Å². The Labute approximate surface area is 101 Å². The van der Waals surface area contributed by atoms with E-state index in [0.717, 1.165) is 22.5 Å². The zero-order chi connectivity index (χ0) is 11.1. The Balaban J connectivity index is 1.83. The fourth-order valence-electron chi connectivity index (χ4n) is 3.25. The van der Waals surface area contributed by atoms with Crippen LogP contribution in [0.15, 0.2) is 18.2 Å². The maximum Gasteiger partial charge on any atom is 0.0601 e. The second kappa shape index (κ2) is 3.85. The van der Waals surface area contributed by atoms with E-state index in [2.05, 4.69) is 11.0 Å². The standard InChI is InChI=1S/C13H17ClN2/c14-11-4-5-13(12(15)6-11)16-7-9-2-1-3-10(9)8-16/h4-6,9-10H,1-3,7-8,15H2. The smallest absolute Gasteiger partial charge is 0.0601 e. The van der Waals surface area contributed by atoms with E-state index in [9.17, 15) is 0 Å². The first kappa shape index (κ1) is 10.3. The van der Waals surface area contributed by atoms with E-state index in [1.807, 2.05) is 12.1 Å². The summed E-state index contributed by atoms with van der Waals surface area (Å²) in [5, 5.41) is 0.723. The van der Waals surface area contributed by atoms with E-state index < -0.39 is 0 Å². The molecule has 2 unspecified atom stereocenters. The number of nitrogens with two attached hydrogens (primary N) is 1. The molecule has 3 rings (SSSR count). The SMILES string of the molecule is Nc1cc(Cl)ccc1N1CC2CCCC2C1. The number of fused-ring (bicyclic) bond motifs is 1. The molecular weight excluding hydrogens is 220 g/mol. The Bertz CT molecular complexity index is 393. The van der Waals surface area contributed by atoms with Gasteiger partial charge >= 0.3 is 0 Å². The molecule has 1 saturated carbocycles.